The number of fused-ring (bicyclic) bond motifs is 3. The number of nitrogens with zero attached hydrogens (tertiary/aromatic N) is 3. The molecule has 4 aromatic rings. The van der Waals surface area contributed by atoms with Crippen LogP contribution in [0.2, 0.25) is 0 Å². The quantitative estimate of drug-likeness (QED) is 0.293. The molecule has 0 radical (unpaired) electrons. The van der Waals surface area contributed by atoms with Crippen LogP contribution >= 0.6 is 23.7 Å². The largest absolute Gasteiger partial charge is 0.497 e. The maximum absolute atomic E-state index is 14.5. The molecular formula is C29H30ClN3O4S. The number of ether oxygens (including phenoxy) is 3. The molecule has 0 unspecified atom stereocenters. The van der Waals surface area contributed by atoms with Gasteiger partial charge < -0.3 is 14.2 Å². The molecular weight excluding hydrogens is 522 g/mol. The molecule has 0 N–H and O–H groups in total. The Labute approximate surface area is 232 Å². The number of amides is 1. The van der Waals surface area contributed by atoms with Gasteiger partial charge in [-0.3, -0.25) is 14.6 Å². The number of thiazole rings is 1. The average molecular weight is 552 g/mol. The van der Waals surface area contributed by atoms with Crippen molar-refractivity contribution >= 4 is 45.0 Å². The molecule has 1 saturated heterocycles. The molecule has 198 valence electrons. The lowest BCUT2D eigenvalue weighted by Crippen LogP contribution is -2.40. The number of carbonyl (C=O) groups excluding carboxylic acids is 1. The zero-order valence-electron chi connectivity index (χ0n) is 21.2. The van der Waals surface area contributed by atoms with Crippen molar-refractivity contribution < 1.29 is 19.0 Å². The van der Waals surface area contributed by atoms with E-state index in [-0.39, 0.29) is 18.3 Å². The molecule has 2 aliphatic heterocycles. The third-order valence-corrected chi connectivity index (χ3v) is 8.03. The molecule has 0 atom stereocenters. The van der Waals surface area contributed by atoms with Crippen molar-refractivity contribution in [3.63, 3.8) is 0 Å². The number of para-hydroxylation sites is 2. The Morgan fingerprint density at radius 2 is 1.74 bits per heavy atom. The Balaban J connectivity index is 0.00000294. The average Bonchev–Trinajstić information content (AvgIpc) is 3.37. The van der Waals surface area contributed by atoms with E-state index in [0.29, 0.717) is 11.7 Å². The number of carbonyl (C=O) groups is 1. The van der Waals surface area contributed by atoms with Crippen molar-refractivity contribution in [2.24, 2.45) is 0 Å². The molecule has 0 saturated carbocycles. The van der Waals surface area contributed by atoms with Crippen molar-refractivity contribution in [2.45, 2.75) is 12.3 Å². The van der Waals surface area contributed by atoms with Crippen molar-refractivity contribution in [3.8, 4) is 17.2 Å². The lowest BCUT2D eigenvalue weighted by Gasteiger charge is -2.32. The van der Waals surface area contributed by atoms with Gasteiger partial charge in [-0.25, -0.2) is 4.98 Å². The Kier molecular flexibility index (Phi) is 8.14. The third kappa shape index (κ3) is 5.22. The fraction of sp³-hybridized carbons (Fsp3) is 0.310. The van der Waals surface area contributed by atoms with Crippen LogP contribution in [0, 0.1) is 0 Å². The molecule has 9 heteroatoms. The van der Waals surface area contributed by atoms with E-state index >= 15 is 0 Å². The molecule has 3 heterocycles. The first kappa shape index (κ1) is 26.4. The topological polar surface area (TPSA) is 64.1 Å². The van der Waals surface area contributed by atoms with E-state index < -0.39 is 5.92 Å². The number of methoxy groups -OCH3 is 1. The third-order valence-electron chi connectivity index (χ3n) is 6.97. The van der Waals surface area contributed by atoms with E-state index in [1.807, 2.05) is 71.6 Å². The highest BCUT2D eigenvalue weighted by molar-refractivity contribution is 7.22. The summed E-state index contributed by atoms with van der Waals surface area (Å²) in [5, 5.41) is 0.705. The van der Waals surface area contributed by atoms with Gasteiger partial charge in [-0.1, -0.05) is 47.7 Å². The molecule has 1 fully saturated rings. The van der Waals surface area contributed by atoms with Gasteiger partial charge in [0.25, 0.3) is 0 Å². The minimum atomic E-state index is -0.467. The number of benzene rings is 3. The number of rotatable bonds is 7. The number of halogens is 1. The van der Waals surface area contributed by atoms with Gasteiger partial charge in [0.1, 0.15) is 17.2 Å². The highest BCUT2D eigenvalue weighted by Gasteiger charge is 2.36. The van der Waals surface area contributed by atoms with Crippen LogP contribution in [-0.4, -0.2) is 62.3 Å². The summed E-state index contributed by atoms with van der Waals surface area (Å²) < 4.78 is 18.1. The first-order valence-electron chi connectivity index (χ1n) is 12.6. The molecule has 1 aromatic heterocycles. The zero-order chi connectivity index (χ0) is 25.2. The molecule has 38 heavy (non-hydrogen) atoms. The zero-order valence-corrected chi connectivity index (χ0v) is 22.8. The number of anilines is 1. The van der Waals surface area contributed by atoms with Gasteiger partial charge in [0.15, 0.2) is 5.13 Å². The van der Waals surface area contributed by atoms with Gasteiger partial charge >= 0.3 is 0 Å². The standard InChI is InChI=1S/C29H29N3O4S.ClH/c1-34-20-11-12-26-23(19-20)30-29(37-26)32(14-6-13-31-15-17-35-18-16-31)28(33)27-21-7-2-4-9-24(21)36-25-10-5-3-8-22(25)27;/h2-5,7-12,19,27H,6,13-18H2,1H3;1H. The van der Waals surface area contributed by atoms with Gasteiger partial charge in [0.05, 0.1) is 36.5 Å². The Hall–Kier alpha value is -3.17. The Bertz CT molecular complexity index is 1380. The molecule has 3 aromatic carbocycles. The number of aromatic nitrogens is 1. The highest BCUT2D eigenvalue weighted by Crippen LogP contribution is 2.45. The summed E-state index contributed by atoms with van der Waals surface area (Å²) in [5.74, 6) is 1.74. The predicted octanol–water partition coefficient (Wildman–Crippen LogP) is 5.72. The van der Waals surface area contributed by atoms with Crippen molar-refractivity contribution in [2.75, 3.05) is 51.4 Å². The Morgan fingerprint density at radius 1 is 1.05 bits per heavy atom. The first-order chi connectivity index (χ1) is 18.2. The van der Waals surface area contributed by atoms with Crippen molar-refractivity contribution in [3.05, 3.63) is 77.9 Å². The highest BCUT2D eigenvalue weighted by atomic mass is 35.5. The lowest BCUT2D eigenvalue weighted by atomic mass is 9.87. The monoisotopic (exact) mass is 551 g/mol. The second-order valence-corrected chi connectivity index (χ2v) is 10.2. The first-order valence-corrected chi connectivity index (χ1v) is 13.4. The second-order valence-electron chi connectivity index (χ2n) is 9.24. The summed E-state index contributed by atoms with van der Waals surface area (Å²) in [4.78, 5) is 23.7. The van der Waals surface area contributed by atoms with Crippen LogP contribution in [0.4, 0.5) is 5.13 Å². The molecule has 0 aliphatic carbocycles. The molecule has 0 spiro atoms. The fourth-order valence-corrected chi connectivity index (χ4v) is 6.02. The normalized spacial score (nSPS) is 15.2. The Morgan fingerprint density at radius 3 is 2.42 bits per heavy atom. The summed E-state index contributed by atoms with van der Waals surface area (Å²) in [6.07, 6.45) is 0.845. The summed E-state index contributed by atoms with van der Waals surface area (Å²) >= 11 is 1.54. The smallest absolute Gasteiger partial charge is 0.241 e. The minimum Gasteiger partial charge on any atom is -0.497 e. The lowest BCUT2D eigenvalue weighted by molar-refractivity contribution is -0.119. The van der Waals surface area contributed by atoms with Gasteiger partial charge in [0.2, 0.25) is 5.91 Å². The number of hydrogen-bond acceptors (Lipinski definition) is 7. The number of hydrogen-bond donors (Lipinski definition) is 0. The minimum absolute atomic E-state index is 0. The maximum atomic E-state index is 14.5. The van der Waals surface area contributed by atoms with Crippen molar-refractivity contribution in [1.29, 1.82) is 0 Å². The van der Waals surface area contributed by atoms with Gasteiger partial charge in [-0.15, -0.1) is 12.4 Å². The van der Waals surface area contributed by atoms with E-state index in [9.17, 15) is 4.79 Å². The van der Waals surface area contributed by atoms with Gasteiger partial charge in [-0.2, -0.15) is 0 Å². The molecule has 1 amide bonds. The summed E-state index contributed by atoms with van der Waals surface area (Å²) in [6.45, 7) is 4.86. The van der Waals surface area contributed by atoms with Crippen LogP contribution in [0.5, 0.6) is 17.2 Å². The predicted molar refractivity (Wildman–Crippen MR) is 152 cm³/mol. The fourth-order valence-electron chi connectivity index (χ4n) is 5.05. The van der Waals surface area contributed by atoms with Crippen LogP contribution in [0.25, 0.3) is 10.2 Å². The van der Waals surface area contributed by atoms with Crippen LogP contribution < -0.4 is 14.4 Å². The van der Waals surface area contributed by atoms with Crippen LogP contribution in [-0.2, 0) is 9.53 Å². The summed E-state index contributed by atoms with van der Waals surface area (Å²) in [6, 6.07) is 21.5. The second kappa shape index (κ2) is 11.7. The van der Waals surface area contributed by atoms with Crippen LogP contribution in [0.15, 0.2) is 66.7 Å². The van der Waals surface area contributed by atoms with Gasteiger partial charge in [0, 0.05) is 43.4 Å². The molecule has 7 nitrogen and oxygen atoms in total. The van der Waals surface area contributed by atoms with Gasteiger partial charge in [-0.05, 0) is 30.7 Å². The summed E-state index contributed by atoms with van der Waals surface area (Å²) in [7, 11) is 1.65. The van der Waals surface area contributed by atoms with E-state index in [1.54, 1.807) is 7.11 Å². The number of morpholine rings is 1. The van der Waals surface area contributed by atoms with E-state index in [0.717, 1.165) is 77.9 Å². The van der Waals surface area contributed by atoms with E-state index in [1.165, 1.54) is 11.3 Å². The van der Waals surface area contributed by atoms with Crippen molar-refractivity contribution in [1.82, 2.24) is 9.88 Å². The SMILES string of the molecule is COc1ccc2sc(N(CCCN3CCOCC3)C(=O)C3c4ccccc4Oc4ccccc43)nc2c1.Cl. The molecule has 6 rings (SSSR count). The van der Waals surface area contributed by atoms with Crippen LogP contribution in [0.3, 0.4) is 0 Å². The van der Waals surface area contributed by atoms with E-state index in [4.69, 9.17) is 19.2 Å². The van der Waals surface area contributed by atoms with Crippen LogP contribution in [0.1, 0.15) is 23.5 Å². The molecule has 2 aliphatic rings. The maximum Gasteiger partial charge on any atom is 0.241 e. The summed E-state index contributed by atoms with van der Waals surface area (Å²) in [5.41, 5.74) is 2.59. The van der Waals surface area contributed by atoms with E-state index in [2.05, 4.69) is 4.90 Å². The molecule has 0 bridgehead atoms.